The van der Waals surface area contributed by atoms with E-state index in [9.17, 15) is 9.59 Å². The van der Waals surface area contributed by atoms with Crippen molar-refractivity contribution in [2.75, 3.05) is 65.4 Å². The summed E-state index contributed by atoms with van der Waals surface area (Å²) in [6, 6.07) is 0. The highest BCUT2D eigenvalue weighted by Crippen LogP contribution is 2.21. The van der Waals surface area contributed by atoms with Crippen molar-refractivity contribution in [1.82, 2.24) is 19.6 Å². The molecule has 0 bridgehead atoms. The average Bonchev–Trinajstić information content (AvgIpc) is 2.75. The van der Waals surface area contributed by atoms with Gasteiger partial charge in [0.2, 0.25) is 11.8 Å². The Hall–Kier alpha value is -1.14. The second-order valence-corrected chi connectivity index (χ2v) is 8.65. The van der Waals surface area contributed by atoms with Crippen LogP contribution in [0.3, 0.4) is 0 Å². The molecule has 2 aliphatic heterocycles. The van der Waals surface area contributed by atoms with E-state index in [0.717, 1.165) is 97.6 Å². The summed E-state index contributed by atoms with van der Waals surface area (Å²) < 4.78 is 0. The Bertz CT molecular complexity index is 461. The van der Waals surface area contributed by atoms with Crippen LogP contribution in [0.1, 0.15) is 59.8 Å². The van der Waals surface area contributed by atoms with Crippen molar-refractivity contribution in [3.8, 4) is 0 Å². The van der Waals surface area contributed by atoms with Gasteiger partial charge in [-0.2, -0.15) is 0 Å². The van der Waals surface area contributed by atoms with Crippen LogP contribution in [0.25, 0.3) is 0 Å². The third kappa shape index (κ3) is 6.95. The Kier molecular flexibility index (Phi) is 10.4. The molecule has 0 saturated carbocycles. The number of hydrogen-bond acceptors (Lipinski definition) is 4. The summed E-state index contributed by atoms with van der Waals surface area (Å²) >= 11 is 0. The SMILES string of the molecule is CCN(CC)C(=O)C1CCCN(CCCN2CCCC(C(=O)N(CC)CC)C2)C1. The fourth-order valence-corrected chi connectivity index (χ4v) is 5.03. The zero-order valence-electron chi connectivity index (χ0n) is 19.4. The first-order valence-corrected chi connectivity index (χ1v) is 12.1. The Labute approximate surface area is 178 Å². The lowest BCUT2D eigenvalue weighted by Crippen LogP contribution is -2.46. The second-order valence-electron chi connectivity index (χ2n) is 8.65. The van der Waals surface area contributed by atoms with Crippen LogP contribution in [0, 0.1) is 11.8 Å². The molecule has 0 radical (unpaired) electrons. The summed E-state index contributed by atoms with van der Waals surface area (Å²) in [6.45, 7) is 17.7. The van der Waals surface area contributed by atoms with Gasteiger partial charge in [-0.1, -0.05) is 0 Å². The van der Waals surface area contributed by atoms with E-state index in [2.05, 4.69) is 37.5 Å². The molecule has 2 unspecified atom stereocenters. The van der Waals surface area contributed by atoms with Gasteiger partial charge in [0.1, 0.15) is 0 Å². The Morgan fingerprint density at radius 3 is 1.45 bits per heavy atom. The van der Waals surface area contributed by atoms with Gasteiger partial charge in [0.05, 0.1) is 11.8 Å². The molecule has 2 rings (SSSR count). The number of hydrogen-bond donors (Lipinski definition) is 0. The summed E-state index contributed by atoms with van der Waals surface area (Å²) in [5, 5.41) is 0. The molecule has 0 spiro atoms. The topological polar surface area (TPSA) is 47.1 Å². The molecule has 0 aromatic heterocycles. The highest BCUT2D eigenvalue weighted by molar-refractivity contribution is 5.79. The van der Waals surface area contributed by atoms with Gasteiger partial charge in [-0.15, -0.1) is 0 Å². The maximum atomic E-state index is 12.7. The third-order valence-corrected chi connectivity index (χ3v) is 6.81. The van der Waals surface area contributed by atoms with Crippen LogP contribution < -0.4 is 0 Å². The molecular weight excluding hydrogens is 364 g/mol. The molecule has 29 heavy (non-hydrogen) atoms. The van der Waals surface area contributed by atoms with Crippen molar-refractivity contribution in [3.05, 3.63) is 0 Å². The van der Waals surface area contributed by atoms with Crippen molar-refractivity contribution in [1.29, 1.82) is 0 Å². The molecule has 2 amide bonds. The lowest BCUT2D eigenvalue weighted by Gasteiger charge is -2.36. The Morgan fingerprint density at radius 2 is 1.10 bits per heavy atom. The van der Waals surface area contributed by atoms with Crippen LogP contribution in [-0.2, 0) is 9.59 Å². The van der Waals surface area contributed by atoms with E-state index in [0.29, 0.717) is 11.8 Å². The molecule has 2 saturated heterocycles. The highest BCUT2D eigenvalue weighted by Gasteiger charge is 2.30. The van der Waals surface area contributed by atoms with E-state index in [1.807, 2.05) is 9.80 Å². The van der Waals surface area contributed by atoms with E-state index in [1.165, 1.54) is 0 Å². The van der Waals surface area contributed by atoms with Gasteiger partial charge in [-0.25, -0.2) is 0 Å². The quantitative estimate of drug-likeness (QED) is 0.557. The third-order valence-electron chi connectivity index (χ3n) is 6.81. The predicted molar refractivity (Wildman–Crippen MR) is 119 cm³/mol. The maximum Gasteiger partial charge on any atom is 0.226 e. The molecule has 0 aromatic rings. The lowest BCUT2D eigenvalue weighted by molar-refractivity contribution is -0.137. The minimum Gasteiger partial charge on any atom is -0.343 e. The van der Waals surface area contributed by atoms with Gasteiger partial charge in [-0.05, 0) is 86.0 Å². The maximum absolute atomic E-state index is 12.7. The summed E-state index contributed by atoms with van der Waals surface area (Å²) in [5.41, 5.74) is 0. The normalized spacial score (nSPS) is 23.7. The van der Waals surface area contributed by atoms with Crippen molar-refractivity contribution >= 4 is 11.8 Å². The number of piperidine rings is 2. The van der Waals surface area contributed by atoms with Gasteiger partial charge < -0.3 is 19.6 Å². The van der Waals surface area contributed by atoms with E-state index in [-0.39, 0.29) is 11.8 Å². The lowest BCUT2D eigenvalue weighted by atomic mass is 9.95. The Balaban J connectivity index is 1.74. The molecule has 0 aromatic carbocycles. The fourth-order valence-electron chi connectivity index (χ4n) is 5.03. The molecule has 0 N–H and O–H groups in total. The summed E-state index contributed by atoms with van der Waals surface area (Å²) in [7, 11) is 0. The largest absolute Gasteiger partial charge is 0.343 e. The standard InChI is InChI=1S/C23H44N4O2/c1-5-26(6-2)22(28)20-12-9-14-24(18-20)16-11-17-25-15-10-13-21(19-25)23(29)27(7-3)8-4/h20-21H,5-19H2,1-4H3. The molecular formula is C23H44N4O2. The van der Waals surface area contributed by atoms with Crippen LogP contribution in [0.2, 0.25) is 0 Å². The zero-order valence-corrected chi connectivity index (χ0v) is 19.4. The van der Waals surface area contributed by atoms with Crippen LogP contribution in [0.15, 0.2) is 0 Å². The van der Waals surface area contributed by atoms with E-state index in [1.54, 1.807) is 0 Å². The first kappa shape index (κ1) is 24.1. The van der Waals surface area contributed by atoms with Crippen molar-refractivity contribution < 1.29 is 9.59 Å². The smallest absolute Gasteiger partial charge is 0.226 e. The fraction of sp³-hybridized carbons (Fsp3) is 0.913. The highest BCUT2D eigenvalue weighted by atomic mass is 16.2. The van der Waals surface area contributed by atoms with E-state index in [4.69, 9.17) is 0 Å². The summed E-state index contributed by atoms with van der Waals surface area (Å²) in [5.74, 6) is 1.03. The van der Waals surface area contributed by atoms with Gasteiger partial charge in [0.15, 0.2) is 0 Å². The predicted octanol–water partition coefficient (Wildman–Crippen LogP) is 2.54. The molecule has 6 nitrogen and oxygen atoms in total. The van der Waals surface area contributed by atoms with Gasteiger partial charge >= 0.3 is 0 Å². The number of likely N-dealkylation sites (tertiary alicyclic amines) is 2. The summed E-state index contributed by atoms with van der Waals surface area (Å²) in [6.07, 6.45) is 5.45. The van der Waals surface area contributed by atoms with Gasteiger partial charge in [-0.3, -0.25) is 9.59 Å². The first-order chi connectivity index (χ1) is 14.0. The summed E-state index contributed by atoms with van der Waals surface area (Å²) in [4.78, 5) is 34.3. The molecule has 168 valence electrons. The number of carbonyl (C=O) groups excluding carboxylic acids is 2. The minimum atomic E-state index is 0.176. The molecule has 6 heteroatoms. The molecule has 2 fully saturated rings. The molecule has 2 heterocycles. The first-order valence-electron chi connectivity index (χ1n) is 12.1. The van der Waals surface area contributed by atoms with Gasteiger partial charge in [0, 0.05) is 39.3 Å². The average molecular weight is 409 g/mol. The molecule has 0 aliphatic carbocycles. The number of amides is 2. The van der Waals surface area contributed by atoms with Crippen LogP contribution >= 0.6 is 0 Å². The van der Waals surface area contributed by atoms with E-state index >= 15 is 0 Å². The number of rotatable bonds is 10. The van der Waals surface area contributed by atoms with Crippen LogP contribution in [-0.4, -0.2) is 96.9 Å². The van der Waals surface area contributed by atoms with E-state index < -0.39 is 0 Å². The number of carbonyl (C=O) groups is 2. The molecule has 2 aliphatic rings. The van der Waals surface area contributed by atoms with Crippen molar-refractivity contribution in [2.24, 2.45) is 11.8 Å². The van der Waals surface area contributed by atoms with Crippen LogP contribution in [0.5, 0.6) is 0 Å². The number of nitrogens with zero attached hydrogens (tertiary/aromatic N) is 4. The van der Waals surface area contributed by atoms with Crippen LogP contribution in [0.4, 0.5) is 0 Å². The van der Waals surface area contributed by atoms with Crippen molar-refractivity contribution in [2.45, 2.75) is 59.8 Å². The monoisotopic (exact) mass is 408 g/mol. The van der Waals surface area contributed by atoms with Crippen molar-refractivity contribution in [3.63, 3.8) is 0 Å². The van der Waals surface area contributed by atoms with Gasteiger partial charge in [0.25, 0.3) is 0 Å². The minimum absolute atomic E-state index is 0.176. The second kappa shape index (κ2) is 12.5. The zero-order chi connectivity index (χ0) is 21.2. The Morgan fingerprint density at radius 1 is 0.724 bits per heavy atom. The molecule has 2 atom stereocenters.